The number of amides is 1. The molecule has 16 heavy (non-hydrogen) atoms. The molecule has 1 heterocycles. The predicted molar refractivity (Wildman–Crippen MR) is 64.4 cm³/mol. The van der Waals surface area contributed by atoms with Crippen LogP contribution in [0.2, 0.25) is 0 Å². The van der Waals surface area contributed by atoms with Gasteiger partial charge in [0, 0.05) is 11.6 Å². The fourth-order valence-corrected chi connectivity index (χ4v) is 2.02. The third-order valence-corrected chi connectivity index (χ3v) is 2.95. The van der Waals surface area contributed by atoms with Crippen molar-refractivity contribution in [2.24, 2.45) is 0 Å². The van der Waals surface area contributed by atoms with E-state index in [0.29, 0.717) is 6.04 Å². The zero-order valence-electron chi connectivity index (χ0n) is 9.41. The van der Waals surface area contributed by atoms with Crippen molar-refractivity contribution in [3.05, 3.63) is 35.9 Å². The highest BCUT2D eigenvalue weighted by molar-refractivity contribution is 5.94. The van der Waals surface area contributed by atoms with Crippen molar-refractivity contribution in [3.8, 4) is 0 Å². The molecule has 1 amide bonds. The van der Waals surface area contributed by atoms with Gasteiger partial charge in [-0.25, -0.2) is 0 Å². The van der Waals surface area contributed by atoms with Gasteiger partial charge < -0.3 is 10.6 Å². The number of hydrogen-bond donors (Lipinski definition) is 2. The molecule has 3 nitrogen and oxygen atoms in total. The van der Waals surface area contributed by atoms with E-state index in [0.717, 1.165) is 37.9 Å². The number of rotatable bonds is 2. The van der Waals surface area contributed by atoms with Gasteiger partial charge in [-0.3, -0.25) is 4.79 Å². The normalized spacial score (nSPS) is 21.1. The summed E-state index contributed by atoms with van der Waals surface area (Å²) >= 11 is 0. The molecule has 1 atom stereocenters. The molecule has 1 aliphatic heterocycles. The van der Waals surface area contributed by atoms with Crippen molar-refractivity contribution in [3.63, 3.8) is 0 Å². The lowest BCUT2D eigenvalue weighted by Crippen LogP contribution is -2.35. The molecule has 2 N–H and O–H groups in total. The Balaban J connectivity index is 1.91. The Labute approximate surface area is 96.2 Å². The number of carbonyl (C=O) groups excluding carboxylic acids is 1. The minimum atomic E-state index is 0.0486. The summed E-state index contributed by atoms with van der Waals surface area (Å²) in [5.74, 6) is 0.0486. The van der Waals surface area contributed by atoms with Crippen LogP contribution in [0, 0.1) is 0 Å². The zero-order chi connectivity index (χ0) is 11.2. The maximum atomic E-state index is 11.9. The fourth-order valence-electron chi connectivity index (χ4n) is 2.02. The van der Waals surface area contributed by atoms with Gasteiger partial charge in [-0.15, -0.1) is 0 Å². The topological polar surface area (TPSA) is 41.1 Å². The van der Waals surface area contributed by atoms with Crippen LogP contribution in [0.1, 0.15) is 29.6 Å². The van der Waals surface area contributed by atoms with Crippen LogP contribution in [0.4, 0.5) is 0 Å². The van der Waals surface area contributed by atoms with E-state index >= 15 is 0 Å². The zero-order valence-corrected chi connectivity index (χ0v) is 9.41. The highest BCUT2D eigenvalue weighted by atomic mass is 16.1. The van der Waals surface area contributed by atoms with E-state index in [2.05, 4.69) is 10.6 Å². The molecule has 0 aliphatic carbocycles. The predicted octanol–water partition coefficient (Wildman–Crippen LogP) is 1.56. The van der Waals surface area contributed by atoms with E-state index in [-0.39, 0.29) is 5.91 Å². The minimum absolute atomic E-state index is 0.0486. The van der Waals surface area contributed by atoms with Gasteiger partial charge in [-0.2, -0.15) is 0 Å². The molecule has 0 bridgehead atoms. The summed E-state index contributed by atoms with van der Waals surface area (Å²) in [6, 6.07) is 9.73. The van der Waals surface area contributed by atoms with Crippen LogP contribution in [0.5, 0.6) is 0 Å². The van der Waals surface area contributed by atoms with Crippen molar-refractivity contribution < 1.29 is 4.79 Å². The minimum Gasteiger partial charge on any atom is -0.349 e. The second-order valence-corrected chi connectivity index (χ2v) is 4.22. The molecule has 1 fully saturated rings. The third-order valence-electron chi connectivity index (χ3n) is 2.95. The lowest BCUT2D eigenvalue weighted by Gasteiger charge is -2.15. The summed E-state index contributed by atoms with van der Waals surface area (Å²) in [6.07, 6.45) is 3.24. The van der Waals surface area contributed by atoms with Crippen LogP contribution in [0.15, 0.2) is 30.3 Å². The maximum Gasteiger partial charge on any atom is 0.251 e. The Kier molecular flexibility index (Phi) is 3.94. The lowest BCUT2D eigenvalue weighted by atomic mass is 10.1. The quantitative estimate of drug-likeness (QED) is 0.791. The first-order valence-corrected chi connectivity index (χ1v) is 5.93. The van der Waals surface area contributed by atoms with E-state index < -0.39 is 0 Å². The van der Waals surface area contributed by atoms with Crippen LogP contribution in [-0.2, 0) is 0 Å². The molecule has 0 spiro atoms. The largest absolute Gasteiger partial charge is 0.349 e. The first-order chi connectivity index (χ1) is 7.86. The highest BCUT2D eigenvalue weighted by Gasteiger charge is 2.14. The molecule has 0 radical (unpaired) electrons. The van der Waals surface area contributed by atoms with Crippen molar-refractivity contribution in [1.82, 2.24) is 10.6 Å². The molecule has 3 heteroatoms. The van der Waals surface area contributed by atoms with Gasteiger partial charge in [-0.05, 0) is 44.5 Å². The number of nitrogens with one attached hydrogen (secondary N) is 2. The van der Waals surface area contributed by atoms with E-state index in [1.165, 1.54) is 0 Å². The first kappa shape index (κ1) is 11.1. The van der Waals surface area contributed by atoms with Gasteiger partial charge in [0.25, 0.3) is 5.91 Å². The molecule has 2 rings (SSSR count). The van der Waals surface area contributed by atoms with Crippen molar-refractivity contribution >= 4 is 5.91 Å². The van der Waals surface area contributed by atoms with Crippen LogP contribution < -0.4 is 10.6 Å². The van der Waals surface area contributed by atoms with Crippen molar-refractivity contribution in [1.29, 1.82) is 0 Å². The molecule has 1 aromatic carbocycles. The average molecular weight is 218 g/mol. The summed E-state index contributed by atoms with van der Waals surface area (Å²) in [5, 5.41) is 6.44. The number of hydrogen-bond acceptors (Lipinski definition) is 2. The molecule has 0 unspecified atom stereocenters. The number of carbonyl (C=O) groups is 1. The Hall–Kier alpha value is -1.35. The van der Waals surface area contributed by atoms with E-state index in [4.69, 9.17) is 0 Å². The highest BCUT2D eigenvalue weighted by Crippen LogP contribution is 2.06. The maximum absolute atomic E-state index is 11.9. The Morgan fingerprint density at radius 2 is 2.00 bits per heavy atom. The van der Waals surface area contributed by atoms with Crippen LogP contribution >= 0.6 is 0 Å². The van der Waals surface area contributed by atoms with Crippen LogP contribution in [0.3, 0.4) is 0 Å². The van der Waals surface area contributed by atoms with Gasteiger partial charge in [0.15, 0.2) is 0 Å². The average Bonchev–Trinajstić information content (AvgIpc) is 2.59. The van der Waals surface area contributed by atoms with Gasteiger partial charge in [-0.1, -0.05) is 18.2 Å². The monoisotopic (exact) mass is 218 g/mol. The third kappa shape index (κ3) is 3.07. The number of benzene rings is 1. The molecule has 0 aromatic heterocycles. The molecule has 0 saturated carbocycles. The van der Waals surface area contributed by atoms with E-state index in [1.807, 2.05) is 30.3 Å². The van der Waals surface area contributed by atoms with Crippen molar-refractivity contribution in [2.45, 2.75) is 25.3 Å². The summed E-state index contributed by atoms with van der Waals surface area (Å²) in [4.78, 5) is 11.9. The SMILES string of the molecule is O=C(N[C@H]1CCCNCC1)c1ccccc1. The molecule has 1 aromatic rings. The standard InChI is InChI=1S/C13H18N2O/c16-13(11-5-2-1-3-6-11)15-12-7-4-9-14-10-8-12/h1-3,5-6,12,14H,4,7-10H2,(H,15,16)/t12-/m0/s1. The van der Waals surface area contributed by atoms with Crippen LogP contribution in [-0.4, -0.2) is 25.0 Å². The summed E-state index contributed by atoms with van der Waals surface area (Å²) < 4.78 is 0. The van der Waals surface area contributed by atoms with Gasteiger partial charge in [0.2, 0.25) is 0 Å². The Bertz CT molecular complexity index is 329. The smallest absolute Gasteiger partial charge is 0.251 e. The van der Waals surface area contributed by atoms with Crippen molar-refractivity contribution in [2.75, 3.05) is 13.1 Å². The molecular formula is C13H18N2O. The molecule has 86 valence electrons. The van der Waals surface area contributed by atoms with Crippen LogP contribution in [0.25, 0.3) is 0 Å². The van der Waals surface area contributed by atoms with E-state index in [1.54, 1.807) is 0 Å². The van der Waals surface area contributed by atoms with Gasteiger partial charge in [0.1, 0.15) is 0 Å². The van der Waals surface area contributed by atoms with Gasteiger partial charge >= 0.3 is 0 Å². The van der Waals surface area contributed by atoms with E-state index in [9.17, 15) is 4.79 Å². The molecule has 1 aliphatic rings. The molecular weight excluding hydrogens is 200 g/mol. The first-order valence-electron chi connectivity index (χ1n) is 5.93. The lowest BCUT2D eigenvalue weighted by molar-refractivity contribution is 0.0934. The second kappa shape index (κ2) is 5.66. The summed E-state index contributed by atoms with van der Waals surface area (Å²) in [5.41, 5.74) is 0.750. The summed E-state index contributed by atoms with van der Waals surface area (Å²) in [6.45, 7) is 2.07. The summed E-state index contributed by atoms with van der Waals surface area (Å²) in [7, 11) is 0. The Morgan fingerprint density at radius 3 is 2.81 bits per heavy atom. The Morgan fingerprint density at radius 1 is 1.19 bits per heavy atom. The molecule has 1 saturated heterocycles. The van der Waals surface area contributed by atoms with Gasteiger partial charge in [0.05, 0.1) is 0 Å². The second-order valence-electron chi connectivity index (χ2n) is 4.22. The fraction of sp³-hybridized carbons (Fsp3) is 0.462.